The van der Waals surface area contributed by atoms with Crippen molar-refractivity contribution in [2.24, 2.45) is 16.6 Å². The van der Waals surface area contributed by atoms with Crippen LogP contribution >= 0.6 is 23.2 Å². The van der Waals surface area contributed by atoms with E-state index in [1.807, 2.05) is 6.92 Å². The van der Waals surface area contributed by atoms with Crippen molar-refractivity contribution >= 4 is 46.6 Å². The Bertz CT molecular complexity index is 1410. The van der Waals surface area contributed by atoms with E-state index >= 15 is 4.39 Å². The molecule has 232 valence electrons. The number of aromatic nitrogens is 1. The first-order valence-electron chi connectivity index (χ1n) is 14.6. The molecule has 3 heterocycles. The smallest absolute Gasteiger partial charge is 0.246 e. The van der Waals surface area contributed by atoms with Crippen LogP contribution in [0.5, 0.6) is 0 Å². The summed E-state index contributed by atoms with van der Waals surface area (Å²) in [5.74, 6) is -3.02. The number of carbonyl (C=O) groups excluding carboxylic acids is 3. The lowest BCUT2D eigenvalue weighted by Gasteiger charge is -2.50. The van der Waals surface area contributed by atoms with Crippen LogP contribution in [0.4, 0.5) is 10.1 Å². The number of nitrogens with zero attached hydrogens (tertiary/aromatic N) is 1. The minimum atomic E-state index is -1.31. The molecule has 9 nitrogen and oxygen atoms in total. The predicted octanol–water partition coefficient (Wildman–Crippen LogP) is 4.72. The molecule has 1 spiro atoms. The van der Waals surface area contributed by atoms with Crippen molar-refractivity contribution in [1.29, 1.82) is 0 Å². The van der Waals surface area contributed by atoms with Gasteiger partial charge in [0.25, 0.3) is 0 Å². The molecule has 0 radical (unpaired) electrons. The topological polar surface area (TPSA) is 135 Å². The van der Waals surface area contributed by atoms with Gasteiger partial charge in [-0.25, -0.2) is 9.37 Å². The van der Waals surface area contributed by atoms with Crippen LogP contribution in [0.15, 0.2) is 36.5 Å². The third-order valence-corrected chi connectivity index (χ3v) is 10.3. The third kappa shape index (κ3) is 5.99. The average Bonchev–Trinajstić information content (AvgIpc) is 3.21. The van der Waals surface area contributed by atoms with Gasteiger partial charge in [0.15, 0.2) is 11.0 Å². The molecular formula is C31H38Cl2FN5O4. The van der Waals surface area contributed by atoms with E-state index in [1.165, 1.54) is 12.3 Å². The van der Waals surface area contributed by atoms with E-state index in [4.69, 9.17) is 33.7 Å². The standard InChI is InChI=1S/C31H38Cl2FN5O4/c1-29(2)10-12-31(13-11-29)30(3,28(42)38-18-6-4-5-17(32)15-18)22(20-9-14-36-25(33)23(20)34)24(39-31)27(41)37-19-7-8-21(26(35)40)43-16-19/h4-6,9,14-15,19,21-22,24,39H,7-8,10-13,16H2,1-3H3,(H2,35,40)(H,37,41)(H,38,42)/t19-,21+,22+,24-,30-/m1/s1. The van der Waals surface area contributed by atoms with Gasteiger partial charge in [-0.2, -0.15) is 0 Å². The molecule has 1 aromatic carbocycles. The number of primary amides is 1. The number of anilines is 1. The first-order chi connectivity index (χ1) is 20.3. The normalized spacial score (nSPS) is 29.6. The van der Waals surface area contributed by atoms with Gasteiger partial charge in [-0.15, -0.1) is 0 Å². The summed E-state index contributed by atoms with van der Waals surface area (Å²) in [6, 6.07) is 6.94. The van der Waals surface area contributed by atoms with Gasteiger partial charge in [0.2, 0.25) is 17.7 Å². The molecule has 43 heavy (non-hydrogen) atoms. The monoisotopic (exact) mass is 633 g/mol. The van der Waals surface area contributed by atoms with Crippen molar-refractivity contribution in [2.75, 3.05) is 11.9 Å². The number of hydrogen-bond donors (Lipinski definition) is 4. The summed E-state index contributed by atoms with van der Waals surface area (Å²) in [6.45, 7) is 6.29. The van der Waals surface area contributed by atoms with Crippen molar-refractivity contribution in [3.63, 3.8) is 0 Å². The summed E-state index contributed by atoms with van der Waals surface area (Å²) in [4.78, 5) is 44.1. The average molecular weight is 635 g/mol. The highest BCUT2D eigenvalue weighted by Crippen LogP contribution is 2.60. The fourth-order valence-corrected chi connectivity index (χ4v) is 7.48. The highest BCUT2D eigenvalue weighted by Gasteiger charge is 2.67. The second-order valence-corrected chi connectivity index (χ2v) is 13.8. The van der Waals surface area contributed by atoms with E-state index in [0.717, 1.165) is 12.8 Å². The molecular weight excluding hydrogens is 596 g/mol. The molecule has 0 unspecified atom stereocenters. The quantitative estimate of drug-likeness (QED) is 0.340. The lowest BCUT2D eigenvalue weighted by atomic mass is 9.55. The molecule has 2 aromatic rings. The van der Waals surface area contributed by atoms with Crippen molar-refractivity contribution in [1.82, 2.24) is 15.6 Å². The maximum Gasteiger partial charge on any atom is 0.246 e. The molecule has 3 aliphatic rings. The van der Waals surface area contributed by atoms with Crippen LogP contribution in [-0.4, -0.2) is 53.0 Å². The Morgan fingerprint density at radius 3 is 2.44 bits per heavy atom. The Balaban J connectivity index is 1.57. The number of nitrogens with two attached hydrogens (primary N) is 1. The van der Waals surface area contributed by atoms with Crippen molar-refractivity contribution in [3.8, 4) is 0 Å². The molecule has 1 aliphatic carbocycles. The van der Waals surface area contributed by atoms with E-state index < -0.39 is 46.6 Å². The molecule has 12 heteroatoms. The van der Waals surface area contributed by atoms with Crippen LogP contribution in [0.1, 0.15) is 70.8 Å². The predicted molar refractivity (Wildman–Crippen MR) is 162 cm³/mol. The summed E-state index contributed by atoms with van der Waals surface area (Å²) in [5, 5.41) is 9.74. The molecule has 2 saturated heterocycles. The van der Waals surface area contributed by atoms with Gasteiger partial charge in [-0.05, 0) is 80.7 Å². The Morgan fingerprint density at radius 1 is 1.09 bits per heavy atom. The molecule has 2 aliphatic heterocycles. The van der Waals surface area contributed by atoms with Crippen LogP contribution in [0, 0.1) is 16.6 Å². The van der Waals surface area contributed by atoms with Gasteiger partial charge in [0, 0.05) is 28.4 Å². The van der Waals surface area contributed by atoms with Crippen LogP contribution in [-0.2, 0) is 19.1 Å². The molecule has 3 amide bonds. The number of pyridine rings is 1. The van der Waals surface area contributed by atoms with Gasteiger partial charge in [-0.3, -0.25) is 19.7 Å². The van der Waals surface area contributed by atoms with Crippen LogP contribution < -0.4 is 21.7 Å². The van der Waals surface area contributed by atoms with Crippen molar-refractivity contribution in [3.05, 3.63) is 58.1 Å². The third-order valence-electron chi connectivity index (χ3n) is 9.83. The number of halogens is 3. The number of benzene rings is 1. The van der Waals surface area contributed by atoms with E-state index in [2.05, 4.69) is 34.8 Å². The fourth-order valence-electron chi connectivity index (χ4n) is 7.13. The zero-order valence-electron chi connectivity index (χ0n) is 24.5. The lowest BCUT2D eigenvalue weighted by Crippen LogP contribution is -2.60. The maximum absolute atomic E-state index is 15.9. The first kappa shape index (κ1) is 31.6. The second kappa shape index (κ2) is 12.0. The largest absolute Gasteiger partial charge is 0.367 e. The number of nitrogens with one attached hydrogen (secondary N) is 3. The molecule has 3 fully saturated rings. The van der Waals surface area contributed by atoms with Crippen molar-refractivity contribution in [2.45, 2.75) is 88.9 Å². The minimum Gasteiger partial charge on any atom is -0.367 e. The zero-order chi connectivity index (χ0) is 31.2. The molecule has 1 aromatic heterocycles. The summed E-state index contributed by atoms with van der Waals surface area (Å²) < 4.78 is 21.4. The van der Waals surface area contributed by atoms with E-state index in [-0.39, 0.29) is 34.7 Å². The molecule has 5 atom stereocenters. The molecule has 1 saturated carbocycles. The van der Waals surface area contributed by atoms with Crippen LogP contribution in [0.2, 0.25) is 10.2 Å². The maximum atomic E-state index is 15.9. The van der Waals surface area contributed by atoms with Crippen LogP contribution in [0.3, 0.4) is 0 Å². The molecule has 5 rings (SSSR count). The van der Waals surface area contributed by atoms with Crippen molar-refractivity contribution < 1.29 is 23.5 Å². The number of hydrogen-bond acceptors (Lipinski definition) is 6. The number of amides is 3. The minimum absolute atomic E-state index is 0.0365. The number of rotatable bonds is 6. The Morgan fingerprint density at radius 2 is 1.81 bits per heavy atom. The fraction of sp³-hybridized carbons (Fsp3) is 0.548. The van der Waals surface area contributed by atoms with E-state index in [1.54, 1.807) is 24.3 Å². The number of ether oxygens (including phenoxy) is 1. The van der Waals surface area contributed by atoms with Crippen LogP contribution in [0.25, 0.3) is 0 Å². The highest BCUT2D eigenvalue weighted by molar-refractivity contribution is 6.31. The Labute approximate surface area is 260 Å². The van der Waals surface area contributed by atoms with E-state index in [9.17, 15) is 14.4 Å². The van der Waals surface area contributed by atoms with E-state index in [0.29, 0.717) is 36.4 Å². The zero-order valence-corrected chi connectivity index (χ0v) is 26.0. The summed E-state index contributed by atoms with van der Waals surface area (Å²) in [5.41, 5.74) is 3.89. The van der Waals surface area contributed by atoms with Gasteiger partial charge in [-0.1, -0.05) is 43.1 Å². The summed E-state index contributed by atoms with van der Waals surface area (Å²) >= 11 is 12.4. The summed E-state index contributed by atoms with van der Waals surface area (Å²) in [7, 11) is 0. The second-order valence-electron chi connectivity index (χ2n) is 13.0. The lowest BCUT2D eigenvalue weighted by molar-refractivity contribution is -0.134. The highest BCUT2D eigenvalue weighted by atomic mass is 35.5. The molecule has 0 bridgehead atoms. The summed E-state index contributed by atoms with van der Waals surface area (Å²) in [6.07, 6.45) is 4.31. The van der Waals surface area contributed by atoms with Gasteiger partial charge >= 0.3 is 0 Å². The Kier molecular flexibility index (Phi) is 8.79. The molecule has 5 N–H and O–H groups in total. The SMILES string of the molecule is CC1(C)CCC2(CC1)N[C@@H](C(=O)N[C@@H]1CC[C@@H](C(N)=O)OC1)[C@H](c1ccnc(Cl)c1F)[C@]2(C)C(=O)Nc1cccc(Cl)c1. The van der Waals surface area contributed by atoms with Gasteiger partial charge in [0.05, 0.1) is 24.1 Å². The van der Waals surface area contributed by atoms with Gasteiger partial charge in [0.1, 0.15) is 6.10 Å². The van der Waals surface area contributed by atoms with Gasteiger partial charge < -0.3 is 21.1 Å². The first-order valence-corrected chi connectivity index (χ1v) is 15.4. The Hall–Kier alpha value is -2.79. The number of carbonyl (C=O) groups is 3.